The van der Waals surface area contributed by atoms with Crippen molar-refractivity contribution in [1.29, 1.82) is 0 Å². The van der Waals surface area contributed by atoms with Crippen LogP contribution in [0.15, 0.2) is 59.1 Å². The number of esters is 1. The van der Waals surface area contributed by atoms with Gasteiger partial charge >= 0.3 is 5.97 Å². The maximum Gasteiger partial charge on any atom is 0.337 e. The van der Waals surface area contributed by atoms with Gasteiger partial charge in [0.15, 0.2) is 5.76 Å². The Morgan fingerprint density at radius 2 is 1.68 bits per heavy atom. The number of nitrogens with zero attached hydrogens (tertiary/aromatic N) is 1. The summed E-state index contributed by atoms with van der Waals surface area (Å²) in [5.41, 5.74) is 2.94. The van der Waals surface area contributed by atoms with Gasteiger partial charge in [-0.15, -0.1) is 0 Å². The van der Waals surface area contributed by atoms with Crippen LogP contribution in [0.5, 0.6) is 0 Å². The number of benzene rings is 2. The van der Waals surface area contributed by atoms with Gasteiger partial charge in [-0.25, -0.2) is 4.79 Å². The highest BCUT2D eigenvalue weighted by atomic mass is 35.5. The third-order valence-electron chi connectivity index (χ3n) is 3.24. The normalized spacial score (nSPS) is 10.5. The van der Waals surface area contributed by atoms with Crippen molar-refractivity contribution in [2.75, 3.05) is 7.11 Å². The van der Waals surface area contributed by atoms with E-state index >= 15 is 0 Å². The standard InChI is InChI=1S/C17H12ClNO3/c1-21-17(20)13-4-2-11(3-5-13)15-10-16(22-19-15)12-6-8-14(18)9-7-12/h2-10H,1H3. The molecule has 1 aromatic heterocycles. The van der Waals surface area contributed by atoms with Crippen molar-refractivity contribution >= 4 is 17.6 Å². The Morgan fingerprint density at radius 3 is 2.32 bits per heavy atom. The second kappa shape index (κ2) is 6.03. The molecule has 2 aromatic carbocycles. The predicted octanol–water partition coefficient (Wildman–Crippen LogP) is 4.45. The molecule has 0 aliphatic rings. The SMILES string of the molecule is COC(=O)c1ccc(-c2cc(-c3ccc(Cl)cc3)on2)cc1. The van der Waals surface area contributed by atoms with E-state index in [1.165, 1.54) is 7.11 Å². The first kappa shape index (κ1) is 14.4. The Balaban J connectivity index is 1.87. The smallest absolute Gasteiger partial charge is 0.337 e. The number of carbonyl (C=O) groups excluding carboxylic acids is 1. The van der Waals surface area contributed by atoms with Crippen LogP contribution in [0.1, 0.15) is 10.4 Å². The van der Waals surface area contributed by atoms with E-state index in [1.807, 2.05) is 18.2 Å². The zero-order chi connectivity index (χ0) is 15.5. The van der Waals surface area contributed by atoms with Gasteiger partial charge in [0.05, 0.1) is 12.7 Å². The highest BCUT2D eigenvalue weighted by Crippen LogP contribution is 2.27. The van der Waals surface area contributed by atoms with Crippen LogP contribution in [-0.2, 0) is 4.74 Å². The molecule has 0 atom stereocenters. The van der Waals surface area contributed by atoms with Crippen LogP contribution < -0.4 is 0 Å². The van der Waals surface area contributed by atoms with Gasteiger partial charge in [0, 0.05) is 22.2 Å². The minimum absolute atomic E-state index is 0.367. The quantitative estimate of drug-likeness (QED) is 0.670. The number of rotatable bonds is 3. The van der Waals surface area contributed by atoms with E-state index in [-0.39, 0.29) is 5.97 Å². The molecule has 110 valence electrons. The molecule has 22 heavy (non-hydrogen) atoms. The third-order valence-corrected chi connectivity index (χ3v) is 3.49. The maximum absolute atomic E-state index is 11.4. The fraction of sp³-hybridized carbons (Fsp3) is 0.0588. The summed E-state index contributed by atoms with van der Waals surface area (Å²) in [5, 5.41) is 4.72. The Hall–Kier alpha value is -2.59. The van der Waals surface area contributed by atoms with Gasteiger partial charge < -0.3 is 9.26 Å². The molecule has 0 fully saturated rings. The zero-order valence-corrected chi connectivity index (χ0v) is 12.5. The van der Waals surface area contributed by atoms with Gasteiger partial charge in [0.25, 0.3) is 0 Å². The summed E-state index contributed by atoms with van der Waals surface area (Å²) in [6.07, 6.45) is 0. The molecule has 4 nitrogen and oxygen atoms in total. The molecule has 0 bridgehead atoms. The molecular weight excluding hydrogens is 302 g/mol. The fourth-order valence-electron chi connectivity index (χ4n) is 2.06. The van der Waals surface area contributed by atoms with Crippen molar-refractivity contribution in [1.82, 2.24) is 5.16 Å². The molecule has 3 rings (SSSR count). The lowest BCUT2D eigenvalue weighted by molar-refractivity contribution is 0.0601. The first-order chi connectivity index (χ1) is 10.7. The molecule has 0 spiro atoms. The summed E-state index contributed by atoms with van der Waals surface area (Å²) in [6.45, 7) is 0. The number of aromatic nitrogens is 1. The molecular formula is C17H12ClNO3. The van der Waals surface area contributed by atoms with Gasteiger partial charge in [-0.05, 0) is 36.4 Å². The summed E-state index contributed by atoms with van der Waals surface area (Å²) in [6, 6.07) is 16.2. The van der Waals surface area contributed by atoms with Crippen LogP contribution in [0.25, 0.3) is 22.6 Å². The van der Waals surface area contributed by atoms with Gasteiger partial charge in [-0.2, -0.15) is 0 Å². The van der Waals surface area contributed by atoms with Crippen LogP contribution in [0.3, 0.4) is 0 Å². The summed E-state index contributed by atoms with van der Waals surface area (Å²) >= 11 is 5.87. The van der Waals surface area contributed by atoms with E-state index < -0.39 is 0 Å². The molecule has 0 aliphatic carbocycles. The number of methoxy groups -OCH3 is 1. The van der Waals surface area contributed by atoms with Crippen molar-refractivity contribution in [3.8, 4) is 22.6 Å². The number of hydrogen-bond donors (Lipinski definition) is 0. The van der Waals surface area contributed by atoms with Gasteiger partial charge in [-0.1, -0.05) is 28.9 Å². The lowest BCUT2D eigenvalue weighted by atomic mass is 10.1. The number of ether oxygens (including phenoxy) is 1. The van der Waals surface area contributed by atoms with Crippen LogP contribution in [0.4, 0.5) is 0 Å². The first-order valence-corrected chi connectivity index (χ1v) is 6.96. The highest BCUT2D eigenvalue weighted by Gasteiger charge is 2.10. The van der Waals surface area contributed by atoms with E-state index in [9.17, 15) is 4.79 Å². The van der Waals surface area contributed by atoms with E-state index in [1.54, 1.807) is 36.4 Å². The Morgan fingerprint density at radius 1 is 1.05 bits per heavy atom. The van der Waals surface area contributed by atoms with Crippen LogP contribution >= 0.6 is 11.6 Å². The molecule has 0 unspecified atom stereocenters. The molecule has 5 heteroatoms. The Bertz CT molecular complexity index is 792. The molecule has 0 amide bonds. The molecule has 0 N–H and O–H groups in total. The lowest BCUT2D eigenvalue weighted by Crippen LogP contribution is -2.00. The van der Waals surface area contributed by atoms with E-state index in [2.05, 4.69) is 9.89 Å². The molecule has 0 saturated heterocycles. The van der Waals surface area contributed by atoms with Crippen molar-refractivity contribution in [2.45, 2.75) is 0 Å². The van der Waals surface area contributed by atoms with Gasteiger partial charge in [0.1, 0.15) is 5.69 Å². The Kier molecular flexibility index (Phi) is 3.94. The van der Waals surface area contributed by atoms with Crippen molar-refractivity contribution in [3.05, 3.63) is 65.2 Å². The summed E-state index contributed by atoms with van der Waals surface area (Å²) < 4.78 is 10.0. The molecule has 0 radical (unpaired) electrons. The van der Waals surface area contributed by atoms with Crippen molar-refractivity contribution < 1.29 is 14.1 Å². The largest absolute Gasteiger partial charge is 0.465 e. The summed E-state index contributed by atoms with van der Waals surface area (Å²) in [5.74, 6) is 0.289. The van der Waals surface area contributed by atoms with Gasteiger partial charge in [-0.3, -0.25) is 0 Å². The summed E-state index contributed by atoms with van der Waals surface area (Å²) in [4.78, 5) is 11.4. The molecule has 0 aliphatic heterocycles. The first-order valence-electron chi connectivity index (χ1n) is 6.59. The second-order valence-corrected chi connectivity index (χ2v) is 5.09. The zero-order valence-electron chi connectivity index (χ0n) is 11.7. The van der Waals surface area contributed by atoms with E-state index in [0.29, 0.717) is 22.0 Å². The average Bonchev–Trinajstić information content (AvgIpc) is 3.05. The predicted molar refractivity (Wildman–Crippen MR) is 83.7 cm³/mol. The molecule has 0 saturated carbocycles. The monoisotopic (exact) mass is 313 g/mol. The average molecular weight is 314 g/mol. The Labute approximate surface area is 132 Å². The molecule has 1 heterocycles. The van der Waals surface area contributed by atoms with Crippen LogP contribution in [0.2, 0.25) is 5.02 Å². The number of carbonyl (C=O) groups is 1. The minimum Gasteiger partial charge on any atom is -0.465 e. The van der Waals surface area contributed by atoms with Gasteiger partial charge in [0.2, 0.25) is 0 Å². The molecule has 3 aromatic rings. The van der Waals surface area contributed by atoms with Crippen LogP contribution in [0, 0.1) is 0 Å². The number of halogens is 1. The maximum atomic E-state index is 11.4. The topological polar surface area (TPSA) is 52.3 Å². The second-order valence-electron chi connectivity index (χ2n) is 4.65. The summed E-state index contributed by atoms with van der Waals surface area (Å²) in [7, 11) is 1.35. The number of hydrogen-bond acceptors (Lipinski definition) is 4. The van der Waals surface area contributed by atoms with E-state index in [0.717, 1.165) is 11.1 Å². The van der Waals surface area contributed by atoms with Crippen LogP contribution in [-0.4, -0.2) is 18.2 Å². The highest BCUT2D eigenvalue weighted by molar-refractivity contribution is 6.30. The minimum atomic E-state index is -0.367. The van der Waals surface area contributed by atoms with Crippen molar-refractivity contribution in [2.24, 2.45) is 0 Å². The fourth-order valence-corrected chi connectivity index (χ4v) is 2.18. The van der Waals surface area contributed by atoms with E-state index in [4.69, 9.17) is 16.1 Å². The van der Waals surface area contributed by atoms with Crippen molar-refractivity contribution in [3.63, 3.8) is 0 Å². The lowest BCUT2D eigenvalue weighted by Gasteiger charge is -1.99. The third kappa shape index (κ3) is 2.87.